The normalized spacial score (nSPS) is 19.5. The first-order chi connectivity index (χ1) is 23.0. The van der Waals surface area contributed by atoms with Crippen molar-refractivity contribution in [3.8, 4) is 28.4 Å². The van der Waals surface area contributed by atoms with Crippen LogP contribution in [0, 0.1) is 5.92 Å². The number of phenols is 1. The molecule has 5 rings (SSSR count). The van der Waals surface area contributed by atoms with Crippen LogP contribution in [0.25, 0.3) is 11.1 Å². The van der Waals surface area contributed by atoms with E-state index in [9.17, 15) is 19.8 Å². The second-order valence-electron chi connectivity index (χ2n) is 13.7. The number of aliphatic hydroxyl groups is 1. The van der Waals surface area contributed by atoms with Crippen LogP contribution in [-0.2, 0) is 20.8 Å². The first kappa shape index (κ1) is 35.0. The summed E-state index contributed by atoms with van der Waals surface area (Å²) in [6, 6.07) is 20.4. The van der Waals surface area contributed by atoms with Crippen LogP contribution in [0.1, 0.15) is 57.1 Å². The van der Waals surface area contributed by atoms with Gasteiger partial charge in [0.15, 0.2) is 0 Å². The Labute approximate surface area is 283 Å². The smallest absolute Gasteiger partial charge is 0.410 e. The van der Waals surface area contributed by atoms with Crippen molar-refractivity contribution in [2.75, 3.05) is 40.5 Å². The molecule has 1 aliphatic carbocycles. The Hall–Kier alpha value is -4.28. The summed E-state index contributed by atoms with van der Waals surface area (Å²) in [5.41, 5.74) is 2.73. The lowest BCUT2D eigenvalue weighted by atomic mass is 9.77. The SMILES string of the molecule is COCCCOc1cc(CN(C(=O)[C@H]2CN(C(=O)OC(C)(C)C)C[C@@H](O)[C@@H]2c2cccc(-c3ccc(O)cc3)c2)C2CC2)cc(OC)c1. The Morgan fingerprint density at radius 3 is 2.31 bits per heavy atom. The highest BCUT2D eigenvalue weighted by Crippen LogP contribution is 2.40. The molecular weight excluding hydrogens is 612 g/mol. The van der Waals surface area contributed by atoms with Gasteiger partial charge >= 0.3 is 6.09 Å². The highest BCUT2D eigenvalue weighted by molar-refractivity contribution is 5.82. The molecule has 0 spiro atoms. The molecule has 0 radical (unpaired) electrons. The monoisotopic (exact) mass is 660 g/mol. The first-order valence-corrected chi connectivity index (χ1v) is 16.6. The van der Waals surface area contributed by atoms with Crippen molar-refractivity contribution in [1.82, 2.24) is 9.80 Å². The predicted molar refractivity (Wildman–Crippen MR) is 182 cm³/mol. The van der Waals surface area contributed by atoms with Gasteiger partial charge in [0.25, 0.3) is 0 Å². The maximum absolute atomic E-state index is 14.8. The van der Waals surface area contributed by atoms with Crippen LogP contribution < -0.4 is 9.47 Å². The van der Waals surface area contributed by atoms with Crippen LogP contribution in [0.3, 0.4) is 0 Å². The average Bonchev–Trinajstić information content (AvgIpc) is 3.90. The number of amides is 2. The van der Waals surface area contributed by atoms with Crippen LogP contribution in [-0.4, -0.2) is 90.3 Å². The number of carbonyl (C=O) groups is 2. The van der Waals surface area contributed by atoms with E-state index in [1.165, 1.54) is 4.90 Å². The van der Waals surface area contributed by atoms with E-state index < -0.39 is 29.6 Å². The minimum atomic E-state index is -1.01. The van der Waals surface area contributed by atoms with Gasteiger partial charge in [-0.3, -0.25) is 4.79 Å². The topological polar surface area (TPSA) is 118 Å². The second-order valence-corrected chi connectivity index (χ2v) is 13.7. The van der Waals surface area contributed by atoms with Crippen molar-refractivity contribution in [2.45, 2.75) is 70.2 Å². The molecule has 1 saturated heterocycles. The maximum Gasteiger partial charge on any atom is 0.410 e. The van der Waals surface area contributed by atoms with Gasteiger partial charge in [0, 0.05) is 51.3 Å². The lowest BCUT2D eigenvalue weighted by molar-refractivity contribution is -0.141. The van der Waals surface area contributed by atoms with Crippen LogP contribution >= 0.6 is 0 Å². The molecule has 0 aromatic heterocycles. The molecule has 0 bridgehead atoms. The van der Waals surface area contributed by atoms with Crippen molar-refractivity contribution >= 4 is 12.0 Å². The van der Waals surface area contributed by atoms with E-state index in [1.807, 2.05) is 59.5 Å². The van der Waals surface area contributed by atoms with Gasteiger partial charge in [-0.05, 0) is 80.1 Å². The fraction of sp³-hybridized carbons (Fsp3) is 0.474. The molecule has 0 unspecified atom stereocenters. The van der Waals surface area contributed by atoms with E-state index in [0.29, 0.717) is 31.3 Å². The molecule has 2 aliphatic rings. The number of nitrogens with zero attached hydrogens (tertiary/aromatic N) is 2. The van der Waals surface area contributed by atoms with Gasteiger partial charge in [-0.2, -0.15) is 0 Å². The largest absolute Gasteiger partial charge is 0.508 e. The summed E-state index contributed by atoms with van der Waals surface area (Å²) >= 11 is 0. The molecule has 3 aromatic rings. The molecule has 3 atom stereocenters. The molecule has 3 aromatic carbocycles. The third-order valence-corrected chi connectivity index (χ3v) is 8.67. The average molecular weight is 661 g/mol. The third-order valence-electron chi connectivity index (χ3n) is 8.67. The van der Waals surface area contributed by atoms with Gasteiger partial charge in [-0.1, -0.05) is 36.4 Å². The number of hydrogen-bond donors (Lipinski definition) is 2. The molecule has 1 heterocycles. The number of methoxy groups -OCH3 is 2. The van der Waals surface area contributed by atoms with Gasteiger partial charge in [-0.25, -0.2) is 4.79 Å². The molecule has 258 valence electrons. The number of aromatic hydroxyl groups is 1. The first-order valence-electron chi connectivity index (χ1n) is 16.6. The van der Waals surface area contributed by atoms with Crippen LogP contribution in [0.5, 0.6) is 17.2 Å². The fourth-order valence-electron chi connectivity index (χ4n) is 6.27. The van der Waals surface area contributed by atoms with Gasteiger partial charge < -0.3 is 39.0 Å². The van der Waals surface area contributed by atoms with E-state index in [1.54, 1.807) is 47.1 Å². The van der Waals surface area contributed by atoms with Gasteiger partial charge in [0.2, 0.25) is 5.91 Å². The molecule has 1 aliphatic heterocycles. The molecule has 10 heteroatoms. The highest BCUT2D eigenvalue weighted by atomic mass is 16.6. The Morgan fingerprint density at radius 1 is 0.917 bits per heavy atom. The second kappa shape index (κ2) is 15.3. The van der Waals surface area contributed by atoms with E-state index in [4.69, 9.17) is 18.9 Å². The summed E-state index contributed by atoms with van der Waals surface area (Å²) in [6.45, 7) is 6.93. The Balaban J connectivity index is 1.47. The summed E-state index contributed by atoms with van der Waals surface area (Å²) in [4.78, 5) is 31.4. The number of hydrogen-bond acceptors (Lipinski definition) is 8. The fourth-order valence-corrected chi connectivity index (χ4v) is 6.27. The Morgan fingerprint density at radius 2 is 1.65 bits per heavy atom. The van der Waals surface area contributed by atoms with Crippen molar-refractivity contribution in [3.05, 3.63) is 77.9 Å². The van der Waals surface area contributed by atoms with Crippen molar-refractivity contribution in [1.29, 1.82) is 0 Å². The summed E-state index contributed by atoms with van der Waals surface area (Å²) in [7, 11) is 3.26. The number of likely N-dealkylation sites (tertiary alicyclic amines) is 1. The molecule has 1 saturated carbocycles. The summed E-state index contributed by atoms with van der Waals surface area (Å²) in [5, 5.41) is 21.5. The van der Waals surface area contributed by atoms with Gasteiger partial charge in [0.1, 0.15) is 22.8 Å². The van der Waals surface area contributed by atoms with Crippen LogP contribution in [0.15, 0.2) is 66.7 Å². The lowest BCUT2D eigenvalue weighted by Gasteiger charge is -2.43. The van der Waals surface area contributed by atoms with Crippen LogP contribution in [0.2, 0.25) is 0 Å². The maximum atomic E-state index is 14.8. The lowest BCUT2D eigenvalue weighted by Crippen LogP contribution is -2.56. The van der Waals surface area contributed by atoms with E-state index >= 15 is 0 Å². The number of phenolic OH excluding ortho intramolecular Hbond substituents is 1. The van der Waals surface area contributed by atoms with Crippen LogP contribution in [0.4, 0.5) is 4.79 Å². The van der Waals surface area contributed by atoms with Crippen molar-refractivity contribution in [3.63, 3.8) is 0 Å². The quantitative estimate of drug-likeness (QED) is 0.228. The van der Waals surface area contributed by atoms with E-state index in [-0.39, 0.29) is 30.8 Å². The molecule has 2 N–H and O–H groups in total. The predicted octanol–water partition coefficient (Wildman–Crippen LogP) is 5.99. The minimum Gasteiger partial charge on any atom is -0.508 e. The zero-order valence-electron chi connectivity index (χ0n) is 28.6. The molecule has 10 nitrogen and oxygen atoms in total. The zero-order valence-corrected chi connectivity index (χ0v) is 28.6. The third kappa shape index (κ3) is 8.99. The number of rotatable bonds is 12. The number of β-amino-alcohol motifs (C(OH)–C–C–N with tert-alkyl or cyclic N) is 1. The van der Waals surface area contributed by atoms with Gasteiger partial charge in [-0.15, -0.1) is 0 Å². The number of aliphatic hydroxyl groups excluding tert-OH is 1. The van der Waals surface area contributed by atoms with Crippen molar-refractivity contribution < 1.29 is 38.7 Å². The summed E-state index contributed by atoms with van der Waals surface area (Å²) in [6.07, 6.45) is 0.921. The molecule has 48 heavy (non-hydrogen) atoms. The standard InChI is InChI=1S/C38H48N2O8/c1-38(2,3)48-37(44)39-23-33(35(34(42)24-39)28-9-6-8-27(20-28)26-10-14-30(41)15-11-26)36(43)40(29-12-13-29)22-25-18-31(46-5)21-32(19-25)47-17-7-16-45-4/h6,8-11,14-15,18-21,29,33-35,41-42H,7,12-13,16-17,22-24H2,1-5H3/t33-,34+,35+/m0/s1. The Kier molecular flexibility index (Phi) is 11.2. The molecule has 2 fully saturated rings. The zero-order chi connectivity index (χ0) is 34.4. The van der Waals surface area contributed by atoms with E-state index in [0.717, 1.165) is 41.5 Å². The molecular formula is C38H48N2O8. The van der Waals surface area contributed by atoms with E-state index in [2.05, 4.69) is 0 Å². The highest BCUT2D eigenvalue weighted by Gasteiger charge is 2.46. The minimum absolute atomic E-state index is 0.0376. The molecule has 2 amide bonds. The number of benzene rings is 3. The summed E-state index contributed by atoms with van der Waals surface area (Å²) in [5.74, 6) is 0.0239. The Bertz CT molecular complexity index is 1550. The number of piperidine rings is 1. The summed E-state index contributed by atoms with van der Waals surface area (Å²) < 4.78 is 22.4. The van der Waals surface area contributed by atoms with Gasteiger partial charge in [0.05, 0.1) is 32.3 Å². The number of carbonyl (C=O) groups excluding carboxylic acids is 2. The number of ether oxygens (including phenoxy) is 4. The van der Waals surface area contributed by atoms with Crippen molar-refractivity contribution in [2.24, 2.45) is 5.92 Å².